The summed E-state index contributed by atoms with van der Waals surface area (Å²) in [6.07, 6.45) is 18.2. The second-order valence-electron chi connectivity index (χ2n) is 10.8. The summed E-state index contributed by atoms with van der Waals surface area (Å²) in [7, 11) is 1.82. The Labute approximate surface area is 187 Å². The number of fused-ring (bicyclic) bond motifs is 1. The molecular formula is C28H50O2. The normalized spacial score (nSPS) is 40.3. The van der Waals surface area contributed by atoms with Crippen molar-refractivity contribution in [3.8, 4) is 0 Å². The van der Waals surface area contributed by atoms with Gasteiger partial charge in [0.25, 0.3) is 0 Å². The van der Waals surface area contributed by atoms with Gasteiger partial charge in [0.1, 0.15) is 0 Å². The minimum Gasteiger partial charge on any atom is -0.396 e. The van der Waals surface area contributed by atoms with Crippen LogP contribution in [0.3, 0.4) is 0 Å². The Morgan fingerprint density at radius 2 is 2.00 bits per heavy atom. The number of methoxy groups -OCH3 is 1. The molecule has 3 fully saturated rings. The molecule has 0 heterocycles. The van der Waals surface area contributed by atoms with Crippen molar-refractivity contribution >= 4 is 0 Å². The van der Waals surface area contributed by atoms with Crippen LogP contribution in [-0.2, 0) is 4.74 Å². The van der Waals surface area contributed by atoms with E-state index in [0.29, 0.717) is 17.3 Å². The fraction of sp³-hybridized carbons (Fsp3) is 0.857. The quantitative estimate of drug-likeness (QED) is 0.462. The monoisotopic (exact) mass is 418 g/mol. The maximum atomic E-state index is 9.81. The number of allylic oxidation sites excluding steroid dienone is 3. The molecule has 7 atom stereocenters. The molecule has 3 aliphatic carbocycles. The van der Waals surface area contributed by atoms with Crippen LogP contribution >= 0.6 is 0 Å². The molecule has 3 aliphatic rings. The van der Waals surface area contributed by atoms with Crippen molar-refractivity contribution in [2.24, 2.45) is 35.0 Å². The van der Waals surface area contributed by atoms with Crippen molar-refractivity contribution in [1.29, 1.82) is 0 Å². The first-order valence-corrected chi connectivity index (χ1v) is 12.5. The van der Waals surface area contributed by atoms with E-state index < -0.39 is 0 Å². The number of unbranched alkanes of at least 4 members (excludes halogenated alkanes) is 1. The van der Waals surface area contributed by atoms with Crippen LogP contribution < -0.4 is 0 Å². The molecule has 174 valence electrons. The summed E-state index contributed by atoms with van der Waals surface area (Å²) in [6.45, 7) is 9.96. The molecule has 0 aromatic carbocycles. The summed E-state index contributed by atoms with van der Waals surface area (Å²) in [6, 6.07) is 0. The average Bonchev–Trinajstić information content (AvgIpc) is 3.08. The SMILES string of the molecule is C.CCCC[C@H](C)C1CCC2/C(=C/C=C3/C[C@@H](CO)[C@H](C)[C@H](OC)C3)CCC[C@@]21C. The first kappa shape index (κ1) is 25.7. The lowest BCUT2D eigenvalue weighted by Gasteiger charge is -2.44. The fourth-order valence-electron chi connectivity index (χ4n) is 7.19. The molecule has 2 nitrogen and oxygen atoms in total. The van der Waals surface area contributed by atoms with E-state index in [2.05, 4.69) is 39.8 Å². The Kier molecular flexibility index (Phi) is 9.68. The van der Waals surface area contributed by atoms with Crippen molar-refractivity contribution in [3.63, 3.8) is 0 Å². The molecule has 0 bridgehead atoms. The van der Waals surface area contributed by atoms with E-state index in [9.17, 15) is 5.11 Å². The predicted octanol–water partition coefficient (Wildman–Crippen LogP) is 7.57. The molecule has 0 aliphatic heterocycles. The molecule has 0 aromatic rings. The van der Waals surface area contributed by atoms with Gasteiger partial charge >= 0.3 is 0 Å². The Morgan fingerprint density at radius 1 is 1.23 bits per heavy atom. The van der Waals surface area contributed by atoms with E-state index in [1.807, 2.05) is 7.11 Å². The lowest BCUT2D eigenvalue weighted by atomic mass is 9.60. The van der Waals surface area contributed by atoms with Gasteiger partial charge in [-0.15, -0.1) is 0 Å². The van der Waals surface area contributed by atoms with E-state index in [4.69, 9.17) is 4.74 Å². The summed E-state index contributed by atoms with van der Waals surface area (Å²) >= 11 is 0. The molecule has 2 unspecified atom stereocenters. The topological polar surface area (TPSA) is 29.5 Å². The summed E-state index contributed by atoms with van der Waals surface area (Å²) in [5.41, 5.74) is 3.70. The highest BCUT2D eigenvalue weighted by atomic mass is 16.5. The zero-order valence-electron chi connectivity index (χ0n) is 19.8. The molecule has 0 amide bonds. The summed E-state index contributed by atoms with van der Waals surface area (Å²) in [4.78, 5) is 0. The largest absolute Gasteiger partial charge is 0.396 e. The number of rotatable bonds is 7. The van der Waals surface area contributed by atoms with Crippen LogP contribution in [-0.4, -0.2) is 24.9 Å². The highest BCUT2D eigenvalue weighted by Gasteiger charge is 2.50. The molecule has 3 rings (SSSR count). The summed E-state index contributed by atoms with van der Waals surface area (Å²) in [5, 5.41) is 9.81. The molecular weight excluding hydrogens is 368 g/mol. The van der Waals surface area contributed by atoms with Crippen molar-refractivity contribution in [3.05, 3.63) is 23.3 Å². The summed E-state index contributed by atoms with van der Waals surface area (Å²) in [5.74, 6) is 3.34. The van der Waals surface area contributed by atoms with E-state index in [0.717, 1.165) is 30.6 Å². The predicted molar refractivity (Wildman–Crippen MR) is 130 cm³/mol. The molecule has 3 saturated carbocycles. The third-order valence-electron chi connectivity index (χ3n) is 9.13. The highest BCUT2D eigenvalue weighted by molar-refractivity contribution is 5.26. The van der Waals surface area contributed by atoms with Gasteiger partial charge in [-0.05, 0) is 80.0 Å². The van der Waals surface area contributed by atoms with Crippen LogP contribution in [0.2, 0.25) is 0 Å². The van der Waals surface area contributed by atoms with Crippen molar-refractivity contribution in [1.82, 2.24) is 0 Å². The third kappa shape index (κ3) is 5.23. The number of aliphatic hydroxyl groups excluding tert-OH is 1. The standard InChI is InChI=1S/C27H46O2.CH4/c1-6-7-9-19(2)24-13-14-25-22(10-8-15-27(24,25)4)12-11-21-16-23(18-28)20(3)26(17-21)29-5;/h11-12,19-20,23-26,28H,6-10,13-18H2,1-5H3;1H4/b21-11-,22-12+;/t19-,20-,23-,24?,25?,26+,27+;/m0./s1. The van der Waals surface area contributed by atoms with Crippen LogP contribution in [0.15, 0.2) is 23.3 Å². The molecule has 0 aromatic heterocycles. The molecule has 2 heteroatoms. The van der Waals surface area contributed by atoms with Gasteiger partial charge < -0.3 is 9.84 Å². The number of aliphatic hydroxyl groups is 1. The molecule has 30 heavy (non-hydrogen) atoms. The van der Waals surface area contributed by atoms with E-state index in [-0.39, 0.29) is 20.1 Å². The minimum atomic E-state index is 0. The molecule has 0 saturated heterocycles. The second-order valence-corrected chi connectivity index (χ2v) is 10.8. The Balaban J connectivity index is 0.00000320. The van der Waals surface area contributed by atoms with Crippen molar-refractivity contribution < 1.29 is 9.84 Å². The van der Waals surface area contributed by atoms with Gasteiger partial charge in [-0.2, -0.15) is 0 Å². The van der Waals surface area contributed by atoms with Gasteiger partial charge in [-0.1, -0.05) is 77.7 Å². The van der Waals surface area contributed by atoms with Crippen LogP contribution in [0.5, 0.6) is 0 Å². The number of hydrogen-bond donors (Lipinski definition) is 1. The van der Waals surface area contributed by atoms with Gasteiger partial charge in [0, 0.05) is 13.7 Å². The highest BCUT2D eigenvalue weighted by Crippen LogP contribution is 2.59. The van der Waals surface area contributed by atoms with Gasteiger partial charge in [0.05, 0.1) is 6.10 Å². The molecule has 1 N–H and O–H groups in total. The number of hydrogen-bond acceptors (Lipinski definition) is 2. The lowest BCUT2D eigenvalue weighted by Crippen LogP contribution is -2.36. The minimum absolute atomic E-state index is 0. The maximum Gasteiger partial charge on any atom is 0.0637 e. The van der Waals surface area contributed by atoms with Gasteiger partial charge in [-0.3, -0.25) is 0 Å². The van der Waals surface area contributed by atoms with Gasteiger partial charge in [-0.25, -0.2) is 0 Å². The number of ether oxygens (including phenoxy) is 1. The van der Waals surface area contributed by atoms with E-state index in [1.165, 1.54) is 56.9 Å². The van der Waals surface area contributed by atoms with Crippen LogP contribution in [0, 0.1) is 35.0 Å². The van der Waals surface area contributed by atoms with Crippen LogP contribution in [0.25, 0.3) is 0 Å². The Bertz CT molecular complexity index is 575. The fourth-order valence-corrected chi connectivity index (χ4v) is 7.19. The van der Waals surface area contributed by atoms with Crippen LogP contribution in [0.1, 0.15) is 99.3 Å². The average molecular weight is 419 g/mol. The zero-order valence-corrected chi connectivity index (χ0v) is 19.8. The van der Waals surface area contributed by atoms with Crippen molar-refractivity contribution in [2.45, 2.75) is 105 Å². The molecule has 0 radical (unpaired) electrons. The van der Waals surface area contributed by atoms with Gasteiger partial charge in [0.2, 0.25) is 0 Å². The van der Waals surface area contributed by atoms with Crippen LogP contribution in [0.4, 0.5) is 0 Å². The van der Waals surface area contributed by atoms with Gasteiger partial charge in [0.15, 0.2) is 0 Å². The first-order chi connectivity index (χ1) is 13.9. The Morgan fingerprint density at radius 3 is 2.67 bits per heavy atom. The third-order valence-corrected chi connectivity index (χ3v) is 9.13. The van der Waals surface area contributed by atoms with E-state index in [1.54, 1.807) is 5.57 Å². The first-order valence-electron chi connectivity index (χ1n) is 12.5. The molecule has 0 spiro atoms. The lowest BCUT2D eigenvalue weighted by molar-refractivity contribution is 0.00500. The summed E-state index contributed by atoms with van der Waals surface area (Å²) < 4.78 is 5.74. The second kappa shape index (κ2) is 11.3. The maximum absolute atomic E-state index is 9.81. The smallest absolute Gasteiger partial charge is 0.0637 e. The Hall–Kier alpha value is -0.600. The van der Waals surface area contributed by atoms with Crippen molar-refractivity contribution in [2.75, 3.05) is 13.7 Å². The van der Waals surface area contributed by atoms with E-state index >= 15 is 0 Å². The zero-order chi connectivity index (χ0) is 21.0.